The van der Waals surface area contributed by atoms with Crippen molar-refractivity contribution in [2.45, 2.75) is 27.3 Å². The first kappa shape index (κ1) is 19.3. The molecule has 6 heteroatoms. The summed E-state index contributed by atoms with van der Waals surface area (Å²) >= 11 is 1.49. The van der Waals surface area contributed by atoms with Crippen LogP contribution in [-0.4, -0.2) is 30.3 Å². The van der Waals surface area contributed by atoms with E-state index < -0.39 is 0 Å². The minimum atomic E-state index is -0.246. The highest BCUT2D eigenvalue weighted by Crippen LogP contribution is 2.27. The maximum absolute atomic E-state index is 12.7. The molecule has 0 saturated carbocycles. The molecule has 0 saturated heterocycles. The second-order valence-corrected chi connectivity index (χ2v) is 7.06. The molecule has 3 aromatic rings. The molecule has 1 heterocycles. The van der Waals surface area contributed by atoms with Gasteiger partial charge in [0.15, 0.2) is 4.80 Å². The predicted octanol–water partition coefficient (Wildman–Crippen LogP) is 4.19. The molecule has 0 unspecified atom stereocenters. The summed E-state index contributed by atoms with van der Waals surface area (Å²) in [5.74, 6) is 0.552. The fourth-order valence-corrected chi connectivity index (χ4v) is 3.88. The van der Waals surface area contributed by atoms with Crippen molar-refractivity contribution in [2.75, 3.05) is 19.8 Å². The van der Waals surface area contributed by atoms with Crippen LogP contribution < -0.4 is 9.54 Å². The second-order valence-electron chi connectivity index (χ2n) is 6.05. The molecule has 0 aliphatic carbocycles. The molecule has 2 aromatic carbocycles. The number of carbonyl (C=O) groups excluding carboxylic acids is 1. The van der Waals surface area contributed by atoms with Gasteiger partial charge in [-0.05, 0) is 45.0 Å². The molecule has 142 valence electrons. The van der Waals surface area contributed by atoms with Crippen molar-refractivity contribution >= 4 is 27.5 Å². The molecule has 0 atom stereocenters. The van der Waals surface area contributed by atoms with Crippen LogP contribution >= 0.6 is 11.3 Å². The number of hydrogen-bond donors (Lipinski definition) is 0. The van der Waals surface area contributed by atoms with Gasteiger partial charge in [0.2, 0.25) is 0 Å². The van der Waals surface area contributed by atoms with Crippen molar-refractivity contribution in [3.05, 3.63) is 58.4 Å². The van der Waals surface area contributed by atoms with Crippen molar-refractivity contribution in [1.82, 2.24) is 4.57 Å². The fraction of sp³-hybridized carbons (Fsp3) is 0.333. The monoisotopic (exact) mass is 384 g/mol. The second kappa shape index (κ2) is 8.97. The number of benzene rings is 2. The van der Waals surface area contributed by atoms with Gasteiger partial charge in [0.05, 0.1) is 17.9 Å². The highest BCUT2D eigenvalue weighted by atomic mass is 32.1. The Labute approximate surface area is 162 Å². The fourth-order valence-electron chi connectivity index (χ4n) is 2.81. The number of rotatable bonds is 7. The Morgan fingerprint density at radius 2 is 1.89 bits per heavy atom. The van der Waals surface area contributed by atoms with Crippen molar-refractivity contribution < 1.29 is 14.3 Å². The third kappa shape index (κ3) is 4.46. The number of para-hydroxylation sites is 1. The van der Waals surface area contributed by atoms with Crippen LogP contribution in [0.5, 0.6) is 5.75 Å². The Bertz CT molecular complexity index is 987. The lowest BCUT2D eigenvalue weighted by Gasteiger charge is -2.09. The third-order valence-corrected chi connectivity index (χ3v) is 5.17. The molecule has 0 fully saturated rings. The van der Waals surface area contributed by atoms with Gasteiger partial charge in [0.25, 0.3) is 5.91 Å². The van der Waals surface area contributed by atoms with E-state index in [0.717, 1.165) is 21.5 Å². The van der Waals surface area contributed by atoms with Gasteiger partial charge in [-0.25, -0.2) is 0 Å². The average Bonchev–Trinajstić information content (AvgIpc) is 3.01. The smallest absolute Gasteiger partial charge is 0.279 e. The Morgan fingerprint density at radius 3 is 2.59 bits per heavy atom. The van der Waals surface area contributed by atoms with Crippen LogP contribution in [0.3, 0.4) is 0 Å². The van der Waals surface area contributed by atoms with E-state index in [-0.39, 0.29) is 5.91 Å². The average molecular weight is 385 g/mol. The maximum Gasteiger partial charge on any atom is 0.279 e. The Kier molecular flexibility index (Phi) is 6.42. The van der Waals surface area contributed by atoms with Crippen molar-refractivity contribution in [3.8, 4) is 5.75 Å². The standard InChI is InChI=1S/C21H24N2O3S/c1-4-25-14-13-23-19-17(26-5-2)7-6-8-18(19)27-21(23)22-20(24)16-11-9-15(3)10-12-16/h6-12H,4-5,13-14H2,1-3H3. The molecule has 1 aromatic heterocycles. The molecule has 0 N–H and O–H groups in total. The zero-order valence-electron chi connectivity index (χ0n) is 15.9. The molecule has 5 nitrogen and oxygen atoms in total. The van der Waals surface area contributed by atoms with Crippen LogP contribution in [-0.2, 0) is 11.3 Å². The van der Waals surface area contributed by atoms with Gasteiger partial charge in [0.1, 0.15) is 11.3 Å². The zero-order chi connectivity index (χ0) is 19.2. The number of aryl methyl sites for hydroxylation is 1. The van der Waals surface area contributed by atoms with Crippen molar-refractivity contribution in [1.29, 1.82) is 0 Å². The largest absolute Gasteiger partial charge is 0.492 e. The number of fused-ring (bicyclic) bond motifs is 1. The van der Waals surface area contributed by atoms with E-state index in [2.05, 4.69) is 4.99 Å². The molecule has 3 rings (SSSR count). The first-order valence-corrected chi connectivity index (χ1v) is 9.94. The van der Waals surface area contributed by atoms with E-state index in [9.17, 15) is 4.79 Å². The van der Waals surface area contributed by atoms with E-state index in [1.54, 1.807) is 0 Å². The van der Waals surface area contributed by atoms with E-state index in [1.807, 2.05) is 67.8 Å². The highest BCUT2D eigenvalue weighted by molar-refractivity contribution is 7.16. The van der Waals surface area contributed by atoms with E-state index >= 15 is 0 Å². The summed E-state index contributed by atoms with van der Waals surface area (Å²) in [7, 11) is 0. The van der Waals surface area contributed by atoms with E-state index in [0.29, 0.717) is 36.7 Å². The number of ether oxygens (including phenoxy) is 2. The first-order chi connectivity index (χ1) is 13.1. The van der Waals surface area contributed by atoms with Gasteiger partial charge in [-0.15, -0.1) is 0 Å². The number of amides is 1. The van der Waals surface area contributed by atoms with Crippen LogP contribution in [0.1, 0.15) is 29.8 Å². The number of aromatic nitrogens is 1. The summed E-state index contributed by atoms with van der Waals surface area (Å²) in [6.45, 7) is 8.31. The summed E-state index contributed by atoms with van der Waals surface area (Å²) in [5, 5.41) is 0. The molecule has 27 heavy (non-hydrogen) atoms. The van der Waals surface area contributed by atoms with E-state index in [4.69, 9.17) is 9.47 Å². The molecule has 0 aliphatic heterocycles. The number of carbonyl (C=O) groups is 1. The number of nitrogens with zero attached hydrogens (tertiary/aromatic N) is 2. The van der Waals surface area contributed by atoms with Gasteiger partial charge in [-0.1, -0.05) is 35.1 Å². The summed E-state index contributed by atoms with van der Waals surface area (Å²) in [6, 6.07) is 13.4. The van der Waals surface area contributed by atoms with Crippen LogP contribution in [0.25, 0.3) is 10.2 Å². The van der Waals surface area contributed by atoms with E-state index in [1.165, 1.54) is 11.3 Å². The predicted molar refractivity (Wildman–Crippen MR) is 109 cm³/mol. The van der Waals surface area contributed by atoms with Gasteiger partial charge in [-0.2, -0.15) is 4.99 Å². The lowest BCUT2D eigenvalue weighted by molar-refractivity contribution is 0.0996. The summed E-state index contributed by atoms with van der Waals surface area (Å²) < 4.78 is 14.4. The molecule has 0 radical (unpaired) electrons. The van der Waals surface area contributed by atoms with Gasteiger partial charge in [0, 0.05) is 18.7 Å². The van der Waals surface area contributed by atoms with Crippen LogP contribution in [0.4, 0.5) is 0 Å². The van der Waals surface area contributed by atoms with Crippen molar-refractivity contribution in [3.63, 3.8) is 0 Å². The summed E-state index contributed by atoms with van der Waals surface area (Å²) in [6.07, 6.45) is 0. The van der Waals surface area contributed by atoms with Gasteiger partial charge in [-0.3, -0.25) is 4.79 Å². The number of hydrogen-bond acceptors (Lipinski definition) is 4. The van der Waals surface area contributed by atoms with Crippen LogP contribution in [0.2, 0.25) is 0 Å². The van der Waals surface area contributed by atoms with Crippen LogP contribution in [0, 0.1) is 6.92 Å². The first-order valence-electron chi connectivity index (χ1n) is 9.12. The maximum atomic E-state index is 12.7. The lowest BCUT2D eigenvalue weighted by Crippen LogP contribution is -2.20. The molecular formula is C21H24N2O3S. The number of thiazole rings is 1. The minimum Gasteiger partial charge on any atom is -0.492 e. The minimum absolute atomic E-state index is 0.246. The summed E-state index contributed by atoms with van der Waals surface area (Å²) in [4.78, 5) is 17.7. The molecule has 0 aliphatic rings. The zero-order valence-corrected chi connectivity index (χ0v) is 16.7. The Hall–Kier alpha value is -2.44. The van der Waals surface area contributed by atoms with Gasteiger partial charge >= 0.3 is 0 Å². The topological polar surface area (TPSA) is 52.8 Å². The Morgan fingerprint density at radius 1 is 1.11 bits per heavy atom. The SMILES string of the molecule is CCOCCn1c(=NC(=O)c2ccc(C)cc2)sc2cccc(OCC)c21. The summed E-state index contributed by atoms with van der Waals surface area (Å²) in [5.41, 5.74) is 2.65. The quantitative estimate of drug-likeness (QED) is 0.574. The lowest BCUT2D eigenvalue weighted by atomic mass is 10.1. The Balaban J connectivity index is 2.09. The molecule has 1 amide bonds. The normalized spacial score (nSPS) is 11.9. The molecular weight excluding hydrogens is 360 g/mol. The highest BCUT2D eigenvalue weighted by Gasteiger charge is 2.13. The van der Waals surface area contributed by atoms with Gasteiger partial charge < -0.3 is 14.0 Å². The van der Waals surface area contributed by atoms with Crippen molar-refractivity contribution in [2.24, 2.45) is 4.99 Å². The third-order valence-electron chi connectivity index (χ3n) is 4.12. The molecule has 0 spiro atoms. The molecule has 0 bridgehead atoms. The van der Waals surface area contributed by atoms with Crippen LogP contribution in [0.15, 0.2) is 47.5 Å².